The maximum Gasteiger partial charge on any atom is 0.417 e. The molecule has 3 rings (SSSR count). The number of urea groups is 1. The summed E-state index contributed by atoms with van der Waals surface area (Å²) < 4.78 is 4.96. The molecule has 0 fully saturated rings. The summed E-state index contributed by atoms with van der Waals surface area (Å²) in [5.74, 6) is -0.521. The normalized spacial score (nSPS) is 10.6. The van der Waals surface area contributed by atoms with Crippen molar-refractivity contribution in [1.82, 2.24) is 4.98 Å². The number of H-pyrrole nitrogens is 1. The van der Waals surface area contributed by atoms with Gasteiger partial charge < -0.3 is 15.1 Å². The number of amides is 2. The summed E-state index contributed by atoms with van der Waals surface area (Å²) in [6.07, 6.45) is 0. The maximum atomic E-state index is 12.1. The minimum absolute atomic E-state index is 0.352. The van der Waals surface area contributed by atoms with Crippen molar-refractivity contribution in [3.8, 4) is 0 Å². The van der Waals surface area contributed by atoms with Gasteiger partial charge in [0.05, 0.1) is 5.52 Å². The molecule has 2 amide bonds. The van der Waals surface area contributed by atoms with Gasteiger partial charge in [0, 0.05) is 17.4 Å². The molecule has 0 atom stereocenters. The number of aromatic amines is 1. The largest absolute Gasteiger partial charge is 0.417 e. The van der Waals surface area contributed by atoms with Crippen molar-refractivity contribution in [3.63, 3.8) is 0 Å². The first-order valence-electron chi connectivity index (χ1n) is 6.80. The molecule has 3 N–H and O–H groups in total. The second-order valence-corrected chi connectivity index (χ2v) is 5.07. The number of fused-ring (bicyclic) bond motifs is 1. The standard InChI is InChI=1S/C16H15N3O3/c1-9-4-3-5-10(2)14(9)19-15(20)17-11-6-7-12-13(8-11)22-16(21)18-12/h3-8H,1-2H3,(H,18,21)(H2,17,19,20). The van der Waals surface area contributed by atoms with Gasteiger partial charge in [0.1, 0.15) is 0 Å². The molecule has 0 saturated carbocycles. The van der Waals surface area contributed by atoms with Crippen LogP contribution in [0, 0.1) is 13.8 Å². The minimum atomic E-state index is -0.521. The van der Waals surface area contributed by atoms with E-state index < -0.39 is 5.76 Å². The number of hydrogen-bond acceptors (Lipinski definition) is 3. The van der Waals surface area contributed by atoms with Gasteiger partial charge >= 0.3 is 11.8 Å². The first kappa shape index (κ1) is 13.9. The first-order valence-corrected chi connectivity index (χ1v) is 6.80. The summed E-state index contributed by atoms with van der Waals surface area (Å²) in [7, 11) is 0. The zero-order valence-electron chi connectivity index (χ0n) is 12.2. The van der Waals surface area contributed by atoms with Crippen LogP contribution in [0.3, 0.4) is 0 Å². The second kappa shape index (κ2) is 5.40. The van der Waals surface area contributed by atoms with Gasteiger partial charge in [-0.15, -0.1) is 0 Å². The van der Waals surface area contributed by atoms with Crippen LogP contribution >= 0.6 is 0 Å². The Balaban J connectivity index is 1.79. The predicted octanol–water partition coefficient (Wildman–Crippen LogP) is 3.38. The predicted molar refractivity (Wildman–Crippen MR) is 85.4 cm³/mol. The fraction of sp³-hybridized carbons (Fsp3) is 0.125. The summed E-state index contributed by atoms with van der Waals surface area (Å²) >= 11 is 0. The molecule has 1 heterocycles. The molecular weight excluding hydrogens is 282 g/mol. The summed E-state index contributed by atoms with van der Waals surface area (Å²) in [5.41, 5.74) is 4.29. The highest BCUT2D eigenvalue weighted by atomic mass is 16.4. The number of para-hydroxylation sites is 1. The number of anilines is 2. The Morgan fingerprint density at radius 1 is 1.09 bits per heavy atom. The molecule has 2 aromatic carbocycles. The molecule has 0 spiro atoms. The Bertz CT molecular complexity index is 888. The van der Waals surface area contributed by atoms with Crippen LogP contribution < -0.4 is 16.4 Å². The number of carbonyl (C=O) groups is 1. The number of aromatic nitrogens is 1. The molecule has 0 unspecified atom stereocenters. The van der Waals surface area contributed by atoms with Crippen LogP contribution in [0.4, 0.5) is 16.2 Å². The van der Waals surface area contributed by atoms with Gasteiger partial charge in [-0.25, -0.2) is 9.59 Å². The molecule has 0 saturated heterocycles. The molecule has 3 aromatic rings. The molecule has 6 heteroatoms. The molecule has 0 radical (unpaired) electrons. The van der Waals surface area contributed by atoms with E-state index >= 15 is 0 Å². The van der Waals surface area contributed by atoms with Crippen molar-refractivity contribution >= 4 is 28.5 Å². The smallest absolute Gasteiger partial charge is 0.408 e. The van der Waals surface area contributed by atoms with E-state index in [0.29, 0.717) is 16.8 Å². The fourth-order valence-corrected chi connectivity index (χ4v) is 2.31. The topological polar surface area (TPSA) is 87.1 Å². The number of oxazole rings is 1. The Hall–Kier alpha value is -3.02. The van der Waals surface area contributed by atoms with Gasteiger partial charge in [-0.2, -0.15) is 0 Å². The van der Waals surface area contributed by atoms with Gasteiger partial charge in [-0.3, -0.25) is 4.98 Å². The summed E-state index contributed by atoms with van der Waals surface area (Å²) in [6.45, 7) is 3.87. The highest BCUT2D eigenvalue weighted by Gasteiger charge is 2.08. The molecule has 0 aliphatic carbocycles. The van der Waals surface area contributed by atoms with E-state index in [9.17, 15) is 9.59 Å². The Labute approximate surface area is 126 Å². The fourth-order valence-electron chi connectivity index (χ4n) is 2.31. The van der Waals surface area contributed by atoms with Crippen LogP contribution in [-0.4, -0.2) is 11.0 Å². The van der Waals surface area contributed by atoms with Crippen molar-refractivity contribution in [2.45, 2.75) is 13.8 Å². The molecular formula is C16H15N3O3. The van der Waals surface area contributed by atoms with E-state index in [4.69, 9.17) is 4.42 Å². The van der Waals surface area contributed by atoms with E-state index in [2.05, 4.69) is 15.6 Å². The van der Waals surface area contributed by atoms with Gasteiger partial charge in [0.25, 0.3) is 0 Å². The van der Waals surface area contributed by atoms with E-state index in [-0.39, 0.29) is 6.03 Å². The Kier molecular flexibility index (Phi) is 3.42. The quantitative estimate of drug-likeness (QED) is 0.677. The van der Waals surface area contributed by atoms with E-state index in [0.717, 1.165) is 16.8 Å². The SMILES string of the molecule is Cc1cccc(C)c1NC(=O)Nc1ccc2[nH]c(=O)oc2c1. The van der Waals surface area contributed by atoms with Crippen molar-refractivity contribution < 1.29 is 9.21 Å². The molecule has 6 nitrogen and oxygen atoms in total. The lowest BCUT2D eigenvalue weighted by Crippen LogP contribution is -2.20. The van der Waals surface area contributed by atoms with Crippen LogP contribution in [0.25, 0.3) is 11.1 Å². The highest BCUT2D eigenvalue weighted by molar-refractivity contribution is 6.01. The lowest BCUT2D eigenvalue weighted by Gasteiger charge is -2.12. The molecule has 0 aliphatic heterocycles. The van der Waals surface area contributed by atoms with Crippen LogP contribution in [-0.2, 0) is 0 Å². The monoisotopic (exact) mass is 297 g/mol. The van der Waals surface area contributed by atoms with Crippen LogP contribution in [0.5, 0.6) is 0 Å². The molecule has 112 valence electrons. The molecule has 1 aromatic heterocycles. The van der Waals surface area contributed by atoms with E-state index in [1.54, 1.807) is 18.2 Å². The summed E-state index contributed by atoms with van der Waals surface area (Å²) in [6, 6.07) is 10.4. The molecule has 0 bridgehead atoms. The highest BCUT2D eigenvalue weighted by Crippen LogP contribution is 2.20. The number of rotatable bonds is 2. The van der Waals surface area contributed by atoms with Gasteiger partial charge in [-0.1, -0.05) is 18.2 Å². The van der Waals surface area contributed by atoms with Gasteiger partial charge in [-0.05, 0) is 37.1 Å². The van der Waals surface area contributed by atoms with Crippen LogP contribution in [0.15, 0.2) is 45.6 Å². The Morgan fingerprint density at radius 2 is 1.82 bits per heavy atom. The number of hydrogen-bond donors (Lipinski definition) is 3. The van der Waals surface area contributed by atoms with E-state index in [1.807, 2.05) is 32.0 Å². The molecule has 22 heavy (non-hydrogen) atoms. The van der Waals surface area contributed by atoms with Crippen LogP contribution in [0.2, 0.25) is 0 Å². The number of benzene rings is 2. The lowest BCUT2D eigenvalue weighted by molar-refractivity contribution is 0.262. The third-order valence-corrected chi connectivity index (χ3v) is 3.40. The number of carbonyl (C=O) groups excluding carboxylic acids is 1. The first-order chi connectivity index (χ1) is 10.5. The van der Waals surface area contributed by atoms with Gasteiger partial charge in [0.15, 0.2) is 5.58 Å². The van der Waals surface area contributed by atoms with Crippen molar-refractivity contribution in [2.75, 3.05) is 10.6 Å². The zero-order chi connectivity index (χ0) is 15.7. The minimum Gasteiger partial charge on any atom is -0.408 e. The lowest BCUT2D eigenvalue weighted by atomic mass is 10.1. The third kappa shape index (κ3) is 2.71. The van der Waals surface area contributed by atoms with Crippen molar-refractivity contribution in [3.05, 3.63) is 58.1 Å². The maximum absolute atomic E-state index is 12.1. The van der Waals surface area contributed by atoms with E-state index in [1.165, 1.54) is 0 Å². The summed E-state index contributed by atoms with van der Waals surface area (Å²) in [4.78, 5) is 25.8. The van der Waals surface area contributed by atoms with Crippen molar-refractivity contribution in [2.24, 2.45) is 0 Å². The second-order valence-electron chi connectivity index (χ2n) is 5.07. The van der Waals surface area contributed by atoms with Crippen LogP contribution in [0.1, 0.15) is 11.1 Å². The summed E-state index contributed by atoms with van der Waals surface area (Å²) in [5, 5.41) is 5.55. The number of nitrogens with one attached hydrogen (secondary N) is 3. The van der Waals surface area contributed by atoms with Crippen molar-refractivity contribution in [1.29, 1.82) is 0 Å². The number of aryl methyl sites for hydroxylation is 2. The average Bonchev–Trinajstić information content (AvgIpc) is 2.82. The van der Waals surface area contributed by atoms with Gasteiger partial charge in [0.2, 0.25) is 0 Å². The third-order valence-electron chi connectivity index (χ3n) is 3.40. The average molecular weight is 297 g/mol. The molecule has 0 aliphatic rings. The Morgan fingerprint density at radius 3 is 2.55 bits per heavy atom. The zero-order valence-corrected chi connectivity index (χ0v) is 12.2.